The highest BCUT2D eigenvalue weighted by Gasteiger charge is 2.57. The Morgan fingerprint density at radius 1 is 1.14 bits per heavy atom. The monoisotopic (exact) mass is 376 g/mol. The summed E-state index contributed by atoms with van der Waals surface area (Å²) < 4.78 is 4.75. The lowest BCUT2D eigenvalue weighted by atomic mass is 9.74. The molecule has 1 amide bonds. The maximum absolute atomic E-state index is 12.4. The van der Waals surface area contributed by atoms with E-state index >= 15 is 0 Å². The molecule has 2 aromatic carbocycles. The number of nitrogens with one attached hydrogen (secondary N) is 1. The minimum Gasteiger partial charge on any atom is -0.465 e. The average Bonchev–Trinajstić information content (AvgIpc) is 2.90. The van der Waals surface area contributed by atoms with Crippen LogP contribution in [0.2, 0.25) is 0 Å². The molecule has 28 heavy (non-hydrogen) atoms. The van der Waals surface area contributed by atoms with Gasteiger partial charge >= 0.3 is 5.97 Å². The second-order valence-corrected chi connectivity index (χ2v) is 7.81. The molecule has 1 saturated heterocycles. The van der Waals surface area contributed by atoms with E-state index in [9.17, 15) is 9.59 Å². The number of ether oxygens (including phenoxy) is 1. The first-order valence-corrected chi connectivity index (χ1v) is 9.45. The Labute approximate surface area is 165 Å². The summed E-state index contributed by atoms with van der Waals surface area (Å²) in [4.78, 5) is 26.3. The van der Waals surface area contributed by atoms with E-state index in [1.807, 2.05) is 30.3 Å². The number of carbonyl (C=O) groups excluding carboxylic acids is 2. The van der Waals surface area contributed by atoms with E-state index in [-0.39, 0.29) is 17.3 Å². The maximum atomic E-state index is 12.4. The van der Waals surface area contributed by atoms with Crippen LogP contribution in [0.1, 0.15) is 41.8 Å². The number of rotatable bonds is 3. The van der Waals surface area contributed by atoms with E-state index in [0.29, 0.717) is 18.5 Å². The average molecular weight is 376 g/mol. The van der Waals surface area contributed by atoms with Gasteiger partial charge in [0.1, 0.15) is 5.66 Å². The van der Waals surface area contributed by atoms with Gasteiger partial charge in [-0.15, -0.1) is 0 Å². The molecule has 0 aliphatic carbocycles. The van der Waals surface area contributed by atoms with Crippen molar-refractivity contribution in [3.8, 4) is 0 Å². The molecule has 0 saturated carbocycles. The van der Waals surface area contributed by atoms with Crippen LogP contribution in [0.4, 0.5) is 5.69 Å². The summed E-state index contributed by atoms with van der Waals surface area (Å²) in [7, 11) is 1.37. The van der Waals surface area contributed by atoms with Gasteiger partial charge in [-0.05, 0) is 35.4 Å². The van der Waals surface area contributed by atoms with Crippen molar-refractivity contribution >= 4 is 23.6 Å². The Bertz CT molecular complexity index is 962. The molecule has 5 heteroatoms. The van der Waals surface area contributed by atoms with Gasteiger partial charge in [0, 0.05) is 24.1 Å². The van der Waals surface area contributed by atoms with Gasteiger partial charge in [0.25, 0.3) is 0 Å². The molecule has 1 atom stereocenters. The molecule has 0 unspecified atom stereocenters. The molecule has 1 N–H and O–H groups in total. The summed E-state index contributed by atoms with van der Waals surface area (Å²) >= 11 is 0. The fourth-order valence-electron chi connectivity index (χ4n) is 4.38. The second-order valence-electron chi connectivity index (χ2n) is 7.81. The van der Waals surface area contributed by atoms with Crippen molar-refractivity contribution in [2.24, 2.45) is 0 Å². The van der Waals surface area contributed by atoms with Gasteiger partial charge in [0.2, 0.25) is 5.91 Å². The van der Waals surface area contributed by atoms with Gasteiger partial charge < -0.3 is 15.0 Å². The predicted molar refractivity (Wildman–Crippen MR) is 109 cm³/mol. The number of nitrogens with zero attached hydrogens (tertiary/aromatic N) is 1. The molecule has 0 spiro atoms. The smallest absolute Gasteiger partial charge is 0.337 e. The molecule has 5 nitrogen and oxygen atoms in total. The molecule has 2 aromatic rings. The highest BCUT2D eigenvalue weighted by Crippen LogP contribution is 2.52. The highest BCUT2D eigenvalue weighted by molar-refractivity contribution is 5.89. The van der Waals surface area contributed by atoms with Crippen LogP contribution >= 0.6 is 0 Å². The van der Waals surface area contributed by atoms with Crippen LogP contribution in [-0.4, -0.2) is 31.2 Å². The third-order valence-corrected chi connectivity index (χ3v) is 5.99. The molecular weight excluding hydrogens is 352 g/mol. The van der Waals surface area contributed by atoms with Crippen molar-refractivity contribution in [2.75, 3.05) is 18.6 Å². The van der Waals surface area contributed by atoms with Crippen molar-refractivity contribution in [2.45, 2.75) is 31.3 Å². The lowest BCUT2D eigenvalue weighted by Gasteiger charge is -2.49. The van der Waals surface area contributed by atoms with Crippen LogP contribution < -0.4 is 10.2 Å². The third-order valence-electron chi connectivity index (χ3n) is 5.99. The van der Waals surface area contributed by atoms with Crippen molar-refractivity contribution in [1.82, 2.24) is 5.32 Å². The quantitative estimate of drug-likeness (QED) is 0.833. The van der Waals surface area contributed by atoms with Crippen LogP contribution in [0.5, 0.6) is 0 Å². The van der Waals surface area contributed by atoms with E-state index in [1.54, 1.807) is 12.1 Å². The van der Waals surface area contributed by atoms with E-state index in [0.717, 1.165) is 11.3 Å². The number of benzene rings is 2. The maximum Gasteiger partial charge on any atom is 0.337 e. The number of anilines is 1. The molecule has 0 aromatic heterocycles. The molecule has 0 radical (unpaired) electrons. The lowest BCUT2D eigenvalue weighted by Crippen LogP contribution is -2.68. The molecule has 144 valence electrons. The first-order valence-electron chi connectivity index (χ1n) is 9.45. The lowest BCUT2D eigenvalue weighted by molar-refractivity contribution is -0.124. The van der Waals surface area contributed by atoms with Gasteiger partial charge in [-0.1, -0.05) is 50.3 Å². The van der Waals surface area contributed by atoms with Crippen LogP contribution in [-0.2, 0) is 14.9 Å². The highest BCUT2D eigenvalue weighted by atomic mass is 16.5. The van der Waals surface area contributed by atoms with Crippen LogP contribution in [0.25, 0.3) is 6.08 Å². The van der Waals surface area contributed by atoms with Gasteiger partial charge in [-0.3, -0.25) is 4.79 Å². The number of fused-ring (bicyclic) bond motifs is 3. The SMILES string of the molecule is COC(=O)c1ccc(/C=C/[C@@]23NC(=O)CCN2c2ccccc2C3(C)C)cc1. The Morgan fingerprint density at radius 3 is 2.57 bits per heavy atom. The van der Waals surface area contributed by atoms with Crippen LogP contribution in [0.15, 0.2) is 54.6 Å². The molecule has 0 bridgehead atoms. The van der Waals surface area contributed by atoms with Crippen molar-refractivity contribution in [1.29, 1.82) is 0 Å². The van der Waals surface area contributed by atoms with Crippen molar-refractivity contribution < 1.29 is 14.3 Å². The number of para-hydroxylation sites is 1. The molecular formula is C23H24N2O3. The molecule has 4 rings (SSSR count). The second kappa shape index (κ2) is 6.51. The first-order chi connectivity index (χ1) is 13.4. The molecule has 2 heterocycles. The van der Waals surface area contributed by atoms with E-state index in [2.05, 4.69) is 42.3 Å². The largest absolute Gasteiger partial charge is 0.465 e. The minimum absolute atomic E-state index is 0.0582. The third kappa shape index (κ3) is 2.61. The van der Waals surface area contributed by atoms with Gasteiger partial charge in [0.15, 0.2) is 0 Å². The normalized spacial score (nSPS) is 22.5. The Balaban J connectivity index is 1.74. The summed E-state index contributed by atoms with van der Waals surface area (Å²) in [6.07, 6.45) is 4.57. The standard InChI is InChI=1S/C23H24N2O3/c1-22(2)18-6-4-5-7-19(18)25-15-13-20(26)24-23(22,25)14-12-16-8-10-17(11-9-16)21(27)28-3/h4-12,14H,13,15H2,1-3H3,(H,24,26)/b14-12+/t23-/m1/s1. The molecule has 2 aliphatic heterocycles. The number of carbonyl (C=O) groups is 2. The number of esters is 1. The van der Waals surface area contributed by atoms with Crippen LogP contribution in [0, 0.1) is 0 Å². The van der Waals surface area contributed by atoms with E-state index in [1.165, 1.54) is 12.7 Å². The Kier molecular flexibility index (Phi) is 4.26. The minimum atomic E-state index is -0.632. The van der Waals surface area contributed by atoms with Gasteiger partial charge in [-0.25, -0.2) is 4.79 Å². The summed E-state index contributed by atoms with van der Waals surface area (Å²) in [6.45, 7) is 5.02. The zero-order valence-electron chi connectivity index (χ0n) is 16.4. The number of amides is 1. The van der Waals surface area contributed by atoms with Crippen molar-refractivity contribution in [3.63, 3.8) is 0 Å². The predicted octanol–water partition coefficient (Wildman–Crippen LogP) is 3.50. The molecule has 1 fully saturated rings. The fourth-order valence-corrected chi connectivity index (χ4v) is 4.38. The fraction of sp³-hybridized carbons (Fsp3) is 0.304. The van der Waals surface area contributed by atoms with E-state index in [4.69, 9.17) is 4.74 Å². The number of methoxy groups -OCH3 is 1. The summed E-state index contributed by atoms with van der Waals surface area (Å²) in [5.41, 5.74) is 2.92. The summed E-state index contributed by atoms with van der Waals surface area (Å²) in [6, 6.07) is 15.6. The Hall–Kier alpha value is -3.08. The summed E-state index contributed by atoms with van der Waals surface area (Å²) in [5, 5.41) is 3.26. The number of hydrogen-bond acceptors (Lipinski definition) is 4. The van der Waals surface area contributed by atoms with Gasteiger partial charge in [-0.2, -0.15) is 0 Å². The van der Waals surface area contributed by atoms with E-state index < -0.39 is 5.66 Å². The van der Waals surface area contributed by atoms with Crippen LogP contribution in [0.3, 0.4) is 0 Å². The number of hydrogen-bond donors (Lipinski definition) is 1. The van der Waals surface area contributed by atoms with Crippen molar-refractivity contribution in [3.05, 3.63) is 71.3 Å². The Morgan fingerprint density at radius 2 is 1.86 bits per heavy atom. The topological polar surface area (TPSA) is 58.6 Å². The van der Waals surface area contributed by atoms with Gasteiger partial charge in [0.05, 0.1) is 12.7 Å². The first kappa shape index (κ1) is 18.3. The zero-order chi connectivity index (χ0) is 19.9. The zero-order valence-corrected chi connectivity index (χ0v) is 16.4. The molecule has 2 aliphatic rings. The summed E-state index contributed by atoms with van der Waals surface area (Å²) in [5.74, 6) is -0.296.